The minimum atomic E-state index is -0.515. The highest BCUT2D eigenvalue weighted by Crippen LogP contribution is 2.48. The standard InChI is InChI=1S/C31H47BClNO4/c1-8-10-20(4)14-22(6)30(35)34-28(17-23-18-36-29-25(23)11-9-12-26(29)33)32-37-27-16-21(5)15-24(13-19(2)3)31(27,7)38-32/h9,11-12,18-22,24,27-28H,8,10,13-17H2,1-7H3,(H,34,35)/t20-,21+,22+,24-,27-,28+,31+/m1/s1. The van der Waals surface area contributed by atoms with Crippen LogP contribution in [0.25, 0.3) is 11.0 Å². The fourth-order valence-corrected chi connectivity index (χ4v) is 7.11. The van der Waals surface area contributed by atoms with Crippen LogP contribution in [-0.4, -0.2) is 30.7 Å². The first kappa shape index (κ1) is 29.5. The van der Waals surface area contributed by atoms with Crippen molar-refractivity contribution in [2.45, 2.75) is 111 Å². The van der Waals surface area contributed by atoms with Crippen molar-refractivity contribution in [2.75, 3.05) is 0 Å². The maximum Gasteiger partial charge on any atom is 0.482 e. The van der Waals surface area contributed by atoms with Gasteiger partial charge >= 0.3 is 7.12 Å². The maximum atomic E-state index is 13.5. The van der Waals surface area contributed by atoms with E-state index in [9.17, 15) is 4.79 Å². The van der Waals surface area contributed by atoms with Crippen molar-refractivity contribution in [1.29, 1.82) is 0 Å². The van der Waals surface area contributed by atoms with Gasteiger partial charge in [0.25, 0.3) is 0 Å². The first-order valence-electron chi connectivity index (χ1n) is 14.8. The molecule has 7 atom stereocenters. The number of fused-ring (bicyclic) bond motifs is 2. The van der Waals surface area contributed by atoms with Crippen LogP contribution in [0, 0.1) is 29.6 Å². The van der Waals surface area contributed by atoms with Crippen LogP contribution in [0.4, 0.5) is 0 Å². The lowest BCUT2D eigenvalue weighted by molar-refractivity contribution is -0.125. The highest BCUT2D eigenvalue weighted by atomic mass is 35.5. The van der Waals surface area contributed by atoms with E-state index in [-0.39, 0.29) is 29.5 Å². The van der Waals surface area contributed by atoms with E-state index in [1.165, 1.54) is 0 Å². The molecule has 1 saturated heterocycles. The minimum Gasteiger partial charge on any atom is -0.462 e. The van der Waals surface area contributed by atoms with Crippen LogP contribution in [-0.2, 0) is 20.5 Å². The number of nitrogens with one attached hydrogen (secondary N) is 1. The maximum absolute atomic E-state index is 13.5. The lowest BCUT2D eigenvalue weighted by Gasteiger charge is -2.45. The van der Waals surface area contributed by atoms with E-state index in [2.05, 4.69) is 46.9 Å². The zero-order valence-corrected chi connectivity index (χ0v) is 25.1. The molecule has 4 rings (SSSR count). The average molecular weight is 544 g/mol. The van der Waals surface area contributed by atoms with Gasteiger partial charge in [0.1, 0.15) is 0 Å². The van der Waals surface area contributed by atoms with E-state index in [4.69, 9.17) is 25.3 Å². The van der Waals surface area contributed by atoms with Gasteiger partial charge in [0.2, 0.25) is 5.91 Å². The summed E-state index contributed by atoms with van der Waals surface area (Å²) in [5.41, 5.74) is 1.32. The number of carbonyl (C=O) groups excluding carboxylic acids is 1. The zero-order chi connectivity index (χ0) is 27.6. The van der Waals surface area contributed by atoms with Crippen LogP contribution in [0.3, 0.4) is 0 Å². The molecular weight excluding hydrogens is 497 g/mol. The van der Waals surface area contributed by atoms with Crippen molar-refractivity contribution in [3.05, 3.63) is 35.0 Å². The van der Waals surface area contributed by atoms with Crippen molar-refractivity contribution < 1.29 is 18.5 Å². The Balaban J connectivity index is 1.59. The zero-order valence-electron chi connectivity index (χ0n) is 24.4. The topological polar surface area (TPSA) is 60.7 Å². The van der Waals surface area contributed by atoms with Crippen LogP contribution < -0.4 is 5.32 Å². The summed E-state index contributed by atoms with van der Waals surface area (Å²) in [5, 5.41) is 4.91. The molecule has 0 radical (unpaired) electrons. The van der Waals surface area contributed by atoms with Gasteiger partial charge in [0.05, 0.1) is 28.9 Å². The number of rotatable bonds is 11. The number of benzene rings is 1. The second kappa shape index (κ2) is 12.3. The molecule has 1 amide bonds. The predicted octanol–water partition coefficient (Wildman–Crippen LogP) is 7.87. The lowest BCUT2D eigenvalue weighted by atomic mass is 9.68. The summed E-state index contributed by atoms with van der Waals surface area (Å²) in [6.07, 6.45) is 8.72. The van der Waals surface area contributed by atoms with E-state index < -0.39 is 7.12 Å². The van der Waals surface area contributed by atoms with E-state index in [1.54, 1.807) is 6.26 Å². The van der Waals surface area contributed by atoms with Gasteiger partial charge in [-0.2, -0.15) is 0 Å². The molecule has 2 fully saturated rings. The fraction of sp³-hybridized carbons (Fsp3) is 0.710. The van der Waals surface area contributed by atoms with Crippen molar-refractivity contribution in [3.8, 4) is 0 Å². The third kappa shape index (κ3) is 6.45. The van der Waals surface area contributed by atoms with Gasteiger partial charge in [-0.1, -0.05) is 78.1 Å². The van der Waals surface area contributed by atoms with E-state index >= 15 is 0 Å². The molecule has 1 aromatic heterocycles. The Bertz CT molecular complexity index is 1090. The van der Waals surface area contributed by atoms with Gasteiger partial charge in [0.15, 0.2) is 5.58 Å². The first-order chi connectivity index (χ1) is 18.0. The summed E-state index contributed by atoms with van der Waals surface area (Å²) >= 11 is 6.39. The number of furan rings is 1. The Hall–Kier alpha value is -1.50. The van der Waals surface area contributed by atoms with Gasteiger partial charge in [0, 0.05) is 11.3 Å². The second-order valence-corrected chi connectivity index (χ2v) is 13.3. The number of para-hydroxylation sites is 1. The van der Waals surface area contributed by atoms with Crippen LogP contribution in [0.5, 0.6) is 0 Å². The average Bonchev–Trinajstić information content (AvgIpc) is 3.40. The Morgan fingerprint density at radius 3 is 2.71 bits per heavy atom. The molecular formula is C31H47BClNO4. The molecule has 0 unspecified atom stereocenters. The third-order valence-corrected chi connectivity index (χ3v) is 9.19. The second-order valence-electron chi connectivity index (χ2n) is 12.9. The molecule has 0 spiro atoms. The van der Waals surface area contributed by atoms with Gasteiger partial charge < -0.3 is 19.0 Å². The minimum absolute atomic E-state index is 0.0249. The fourth-order valence-electron chi connectivity index (χ4n) is 6.89. The molecule has 7 heteroatoms. The molecule has 0 bridgehead atoms. The Kier molecular flexibility index (Phi) is 9.58. The Morgan fingerprint density at radius 1 is 1.24 bits per heavy atom. The van der Waals surface area contributed by atoms with Crippen LogP contribution in [0.1, 0.15) is 92.6 Å². The molecule has 1 N–H and O–H groups in total. The van der Waals surface area contributed by atoms with Crippen molar-refractivity contribution >= 4 is 35.6 Å². The highest BCUT2D eigenvalue weighted by molar-refractivity contribution is 6.48. The molecule has 210 valence electrons. The van der Waals surface area contributed by atoms with Crippen molar-refractivity contribution in [1.82, 2.24) is 5.32 Å². The molecule has 1 saturated carbocycles. The molecule has 38 heavy (non-hydrogen) atoms. The summed E-state index contributed by atoms with van der Waals surface area (Å²) in [7, 11) is -0.515. The smallest absolute Gasteiger partial charge is 0.462 e. The summed E-state index contributed by atoms with van der Waals surface area (Å²) in [4.78, 5) is 13.5. The van der Waals surface area contributed by atoms with Gasteiger partial charge in [-0.05, 0) is 74.3 Å². The monoisotopic (exact) mass is 543 g/mol. The van der Waals surface area contributed by atoms with Crippen LogP contribution in [0.15, 0.2) is 28.9 Å². The van der Waals surface area contributed by atoms with Gasteiger partial charge in [-0.25, -0.2) is 0 Å². The number of carbonyl (C=O) groups is 1. The molecule has 1 aromatic carbocycles. The van der Waals surface area contributed by atoms with Crippen molar-refractivity contribution in [3.63, 3.8) is 0 Å². The number of hydrogen-bond donors (Lipinski definition) is 1. The molecule has 5 nitrogen and oxygen atoms in total. The largest absolute Gasteiger partial charge is 0.482 e. The van der Waals surface area contributed by atoms with Gasteiger partial charge in [-0.15, -0.1) is 0 Å². The van der Waals surface area contributed by atoms with E-state index in [1.807, 2.05) is 25.1 Å². The quantitative estimate of drug-likeness (QED) is 0.293. The van der Waals surface area contributed by atoms with Gasteiger partial charge in [-0.3, -0.25) is 4.79 Å². The summed E-state index contributed by atoms with van der Waals surface area (Å²) < 4.78 is 19.4. The molecule has 2 aliphatic rings. The lowest BCUT2D eigenvalue weighted by Crippen LogP contribution is -2.52. The SMILES string of the molecule is CCC[C@@H](C)C[C@H](C)C(=O)N[C@@H](Cc1coc2c(Cl)cccc12)B1O[C@@H]2C[C@@H](C)C[C@@H](CC(C)C)[C@]2(C)O1. The molecule has 1 aliphatic carbocycles. The van der Waals surface area contributed by atoms with E-state index in [0.717, 1.165) is 49.5 Å². The number of hydrogen-bond acceptors (Lipinski definition) is 4. The molecule has 2 heterocycles. The van der Waals surface area contributed by atoms with Crippen LogP contribution >= 0.6 is 11.6 Å². The van der Waals surface area contributed by atoms with Crippen molar-refractivity contribution in [2.24, 2.45) is 29.6 Å². The Morgan fingerprint density at radius 2 is 2.00 bits per heavy atom. The summed E-state index contributed by atoms with van der Waals surface area (Å²) in [6.45, 7) is 15.6. The highest BCUT2D eigenvalue weighted by Gasteiger charge is 2.57. The molecule has 1 aliphatic heterocycles. The first-order valence-corrected chi connectivity index (χ1v) is 15.2. The summed E-state index contributed by atoms with van der Waals surface area (Å²) in [6, 6.07) is 5.79. The Labute approximate surface area is 234 Å². The van der Waals surface area contributed by atoms with E-state index in [0.29, 0.717) is 40.7 Å². The number of amides is 1. The third-order valence-electron chi connectivity index (χ3n) is 8.89. The predicted molar refractivity (Wildman–Crippen MR) is 156 cm³/mol. The summed E-state index contributed by atoms with van der Waals surface area (Å²) in [5.74, 6) is 1.77. The number of halogens is 1. The van der Waals surface area contributed by atoms with Crippen LogP contribution in [0.2, 0.25) is 5.02 Å². The normalized spacial score (nSPS) is 27.9. The molecule has 2 aromatic rings.